The van der Waals surface area contributed by atoms with Gasteiger partial charge in [-0.2, -0.15) is 0 Å². The molecule has 2 heterocycles. The summed E-state index contributed by atoms with van der Waals surface area (Å²) in [5, 5.41) is 2.70. The lowest BCUT2D eigenvalue weighted by Crippen LogP contribution is -2.48. The van der Waals surface area contributed by atoms with E-state index >= 15 is 0 Å². The second kappa shape index (κ2) is 6.54. The van der Waals surface area contributed by atoms with Crippen molar-refractivity contribution in [1.82, 2.24) is 4.90 Å². The van der Waals surface area contributed by atoms with Crippen molar-refractivity contribution in [2.45, 2.75) is 0 Å². The van der Waals surface area contributed by atoms with E-state index < -0.39 is 0 Å². The smallest absolute Gasteiger partial charge is 0.254 e. The fourth-order valence-corrected chi connectivity index (χ4v) is 4.04. The first-order chi connectivity index (χ1) is 10.1. The average Bonchev–Trinajstić information content (AvgIpc) is 2.94. The first-order valence-electron chi connectivity index (χ1n) is 6.68. The minimum atomic E-state index is 0.132. The summed E-state index contributed by atoms with van der Waals surface area (Å²) in [6, 6.07) is 9.81. The van der Waals surface area contributed by atoms with Gasteiger partial charge >= 0.3 is 0 Å². The number of benzene rings is 1. The highest BCUT2D eigenvalue weighted by Crippen LogP contribution is 2.26. The molecule has 1 aromatic heterocycles. The fourth-order valence-electron chi connectivity index (χ4n) is 2.46. The molecule has 1 aliphatic rings. The fraction of sp³-hybridized carbons (Fsp3) is 0.267. The van der Waals surface area contributed by atoms with E-state index in [0.717, 1.165) is 45.3 Å². The topological polar surface area (TPSA) is 23.6 Å². The first kappa shape index (κ1) is 15.1. The number of carbonyl (C=O) groups is 1. The third-order valence-corrected chi connectivity index (χ3v) is 5.68. The van der Waals surface area contributed by atoms with E-state index in [1.165, 1.54) is 0 Å². The van der Waals surface area contributed by atoms with E-state index in [9.17, 15) is 4.79 Å². The molecule has 0 spiro atoms. The van der Waals surface area contributed by atoms with Crippen molar-refractivity contribution >= 4 is 57.1 Å². The molecule has 110 valence electrons. The lowest BCUT2D eigenvalue weighted by molar-refractivity contribution is 0.0747. The van der Waals surface area contributed by atoms with Gasteiger partial charge in [-0.25, -0.2) is 0 Å². The number of amides is 1. The Kier molecular flexibility index (Phi) is 4.71. The molecule has 1 aromatic carbocycles. The molecule has 0 bridgehead atoms. The van der Waals surface area contributed by atoms with Gasteiger partial charge in [0.05, 0.1) is 19.2 Å². The molecule has 0 atom stereocenters. The molecule has 0 radical (unpaired) electrons. The summed E-state index contributed by atoms with van der Waals surface area (Å²) >= 11 is 10.1. The van der Waals surface area contributed by atoms with Gasteiger partial charge in [-0.1, -0.05) is 23.7 Å². The molecule has 1 aliphatic heterocycles. The Morgan fingerprint density at radius 2 is 1.90 bits per heavy atom. The molecule has 0 saturated carbocycles. The predicted molar refractivity (Wildman–Crippen MR) is 96.6 cm³/mol. The number of rotatable bonds is 2. The van der Waals surface area contributed by atoms with Crippen LogP contribution in [-0.2, 0) is 0 Å². The van der Waals surface area contributed by atoms with Gasteiger partial charge in [-0.05, 0) is 40.8 Å². The largest absolute Gasteiger partial charge is 0.367 e. The number of para-hydroxylation sites is 1. The highest BCUT2D eigenvalue weighted by Gasteiger charge is 2.23. The van der Waals surface area contributed by atoms with Crippen LogP contribution in [0.4, 0.5) is 5.69 Å². The Bertz CT molecular complexity index is 653. The third kappa shape index (κ3) is 3.35. The van der Waals surface area contributed by atoms with Gasteiger partial charge < -0.3 is 9.80 Å². The molecule has 2 aromatic rings. The van der Waals surface area contributed by atoms with Crippen LogP contribution in [0.1, 0.15) is 10.4 Å². The maximum absolute atomic E-state index is 12.4. The van der Waals surface area contributed by atoms with Crippen molar-refractivity contribution in [2.75, 3.05) is 31.1 Å². The van der Waals surface area contributed by atoms with Gasteiger partial charge in [0.1, 0.15) is 0 Å². The third-order valence-electron chi connectivity index (χ3n) is 3.57. The summed E-state index contributed by atoms with van der Waals surface area (Å²) in [7, 11) is 0. The second-order valence-corrected chi connectivity index (χ2v) is 8.08. The maximum Gasteiger partial charge on any atom is 0.254 e. The van der Waals surface area contributed by atoms with Gasteiger partial charge in [0, 0.05) is 31.6 Å². The van der Waals surface area contributed by atoms with Gasteiger partial charge in [0.15, 0.2) is 0 Å². The molecule has 1 fully saturated rings. The Balaban J connectivity index is 1.65. The molecule has 6 heteroatoms. The second-order valence-electron chi connectivity index (χ2n) is 4.87. The molecule has 0 unspecified atom stereocenters. The van der Waals surface area contributed by atoms with Gasteiger partial charge in [-0.15, -0.1) is 11.3 Å². The zero-order valence-electron chi connectivity index (χ0n) is 11.3. The Morgan fingerprint density at radius 1 is 1.19 bits per heavy atom. The van der Waals surface area contributed by atoms with E-state index in [4.69, 9.17) is 11.6 Å². The minimum Gasteiger partial charge on any atom is -0.367 e. The predicted octanol–water partition coefficient (Wildman–Crippen LogP) is 3.97. The highest BCUT2D eigenvalue weighted by molar-refractivity contribution is 14.1. The zero-order valence-corrected chi connectivity index (χ0v) is 15.0. The molecular formula is C15H14ClIN2OS. The average molecular weight is 433 g/mol. The van der Waals surface area contributed by atoms with Crippen molar-refractivity contribution in [3.8, 4) is 0 Å². The number of nitrogens with zero attached hydrogens (tertiary/aromatic N) is 2. The molecule has 1 saturated heterocycles. The Morgan fingerprint density at radius 3 is 2.52 bits per heavy atom. The van der Waals surface area contributed by atoms with Crippen LogP contribution in [-0.4, -0.2) is 37.0 Å². The summed E-state index contributed by atoms with van der Waals surface area (Å²) < 4.78 is 1.14. The summed E-state index contributed by atoms with van der Waals surface area (Å²) in [5.74, 6) is 0.132. The number of piperazine rings is 1. The quantitative estimate of drug-likeness (QED) is 0.671. The monoisotopic (exact) mass is 432 g/mol. The van der Waals surface area contributed by atoms with Crippen LogP contribution in [0.15, 0.2) is 35.7 Å². The summed E-state index contributed by atoms with van der Waals surface area (Å²) in [6.07, 6.45) is 0. The number of thiophene rings is 1. The Labute approximate surface area is 146 Å². The van der Waals surface area contributed by atoms with Gasteiger partial charge in [-0.3, -0.25) is 4.79 Å². The summed E-state index contributed by atoms with van der Waals surface area (Å²) in [5.41, 5.74) is 1.85. The maximum atomic E-state index is 12.4. The summed E-state index contributed by atoms with van der Waals surface area (Å²) in [4.78, 5) is 16.6. The van der Waals surface area contributed by atoms with Crippen LogP contribution in [0.3, 0.4) is 0 Å². The van der Waals surface area contributed by atoms with Crippen molar-refractivity contribution < 1.29 is 4.79 Å². The highest BCUT2D eigenvalue weighted by atomic mass is 127. The molecule has 3 rings (SSSR count). The molecule has 3 nitrogen and oxygen atoms in total. The van der Waals surface area contributed by atoms with Crippen LogP contribution in [0.2, 0.25) is 5.02 Å². The van der Waals surface area contributed by atoms with Crippen molar-refractivity contribution in [3.63, 3.8) is 0 Å². The van der Waals surface area contributed by atoms with E-state index in [1.54, 1.807) is 11.3 Å². The number of anilines is 1. The van der Waals surface area contributed by atoms with Crippen molar-refractivity contribution in [1.29, 1.82) is 0 Å². The SMILES string of the molecule is O=C(c1csc(I)c1)N1CCN(c2ccccc2Cl)CC1. The minimum absolute atomic E-state index is 0.132. The zero-order chi connectivity index (χ0) is 14.8. The first-order valence-corrected chi connectivity index (χ1v) is 9.01. The van der Waals surface area contributed by atoms with Crippen molar-refractivity contribution in [2.24, 2.45) is 0 Å². The Hall–Kier alpha value is -0.790. The number of halogens is 2. The molecule has 0 N–H and O–H groups in total. The van der Waals surface area contributed by atoms with Crippen LogP contribution in [0.25, 0.3) is 0 Å². The van der Waals surface area contributed by atoms with Crippen LogP contribution in [0.5, 0.6) is 0 Å². The lowest BCUT2D eigenvalue weighted by atomic mass is 10.2. The van der Waals surface area contributed by atoms with E-state index in [-0.39, 0.29) is 5.91 Å². The van der Waals surface area contributed by atoms with Crippen molar-refractivity contribution in [3.05, 3.63) is 49.2 Å². The number of hydrogen-bond acceptors (Lipinski definition) is 3. The molecular weight excluding hydrogens is 419 g/mol. The molecule has 21 heavy (non-hydrogen) atoms. The number of carbonyl (C=O) groups excluding carboxylic acids is 1. The van der Waals surface area contributed by atoms with Crippen LogP contribution < -0.4 is 4.90 Å². The summed E-state index contributed by atoms with van der Waals surface area (Å²) in [6.45, 7) is 3.10. The van der Waals surface area contributed by atoms with E-state index in [2.05, 4.69) is 27.5 Å². The van der Waals surface area contributed by atoms with Crippen LogP contribution in [0, 0.1) is 2.88 Å². The molecule has 1 amide bonds. The van der Waals surface area contributed by atoms with Gasteiger partial charge in [0.2, 0.25) is 0 Å². The number of hydrogen-bond donors (Lipinski definition) is 0. The van der Waals surface area contributed by atoms with E-state index in [1.807, 2.05) is 40.6 Å². The standard InChI is InChI=1S/C15H14ClIN2OS/c16-12-3-1-2-4-13(12)18-5-7-19(8-6-18)15(20)11-9-14(17)21-10-11/h1-4,9-10H,5-8H2. The molecule has 0 aliphatic carbocycles. The lowest BCUT2D eigenvalue weighted by Gasteiger charge is -2.36. The normalized spacial score (nSPS) is 15.3. The van der Waals surface area contributed by atoms with Crippen LogP contribution >= 0.6 is 45.5 Å². The van der Waals surface area contributed by atoms with E-state index in [0.29, 0.717) is 0 Å². The van der Waals surface area contributed by atoms with Gasteiger partial charge in [0.25, 0.3) is 5.91 Å².